The Labute approximate surface area is 71.9 Å². The molecule has 70 valence electrons. The number of nitrogens with one attached hydrogen (secondary N) is 1. The second-order valence-corrected chi connectivity index (χ2v) is 3.02. The molecule has 0 saturated heterocycles. The average molecular weight is 173 g/mol. The zero-order valence-electron chi connectivity index (χ0n) is 7.25. The van der Waals surface area contributed by atoms with Gasteiger partial charge in [0.15, 0.2) is 0 Å². The fourth-order valence-electron chi connectivity index (χ4n) is 1.34. The highest BCUT2D eigenvalue weighted by Crippen LogP contribution is 2.22. The fourth-order valence-corrected chi connectivity index (χ4v) is 1.34. The predicted molar refractivity (Wildman–Crippen MR) is 44.1 cm³/mol. The van der Waals surface area contributed by atoms with E-state index in [1.165, 1.54) is 0 Å². The van der Waals surface area contributed by atoms with Gasteiger partial charge in [-0.25, -0.2) is 0 Å². The van der Waals surface area contributed by atoms with Gasteiger partial charge in [-0.2, -0.15) is 0 Å². The third-order valence-electron chi connectivity index (χ3n) is 2.04. The highest BCUT2D eigenvalue weighted by atomic mass is 16.5. The lowest BCUT2D eigenvalue weighted by Gasteiger charge is -2.35. The summed E-state index contributed by atoms with van der Waals surface area (Å²) in [6.07, 6.45) is 2.24. The topological polar surface area (TPSA) is 58.6 Å². The van der Waals surface area contributed by atoms with Crippen LogP contribution in [0.2, 0.25) is 0 Å². The summed E-state index contributed by atoms with van der Waals surface area (Å²) in [6, 6.07) is 0.345. The van der Waals surface area contributed by atoms with E-state index < -0.39 is 5.97 Å². The maximum atomic E-state index is 10.2. The van der Waals surface area contributed by atoms with Gasteiger partial charge in [0.25, 0.3) is 0 Å². The molecule has 0 unspecified atom stereocenters. The smallest absolute Gasteiger partial charge is 0.317 e. The molecule has 0 radical (unpaired) electrons. The second-order valence-electron chi connectivity index (χ2n) is 3.02. The van der Waals surface area contributed by atoms with E-state index in [9.17, 15) is 4.79 Å². The van der Waals surface area contributed by atoms with Crippen LogP contribution in [0.25, 0.3) is 0 Å². The van der Waals surface area contributed by atoms with E-state index in [0.29, 0.717) is 12.1 Å². The molecule has 0 aliphatic heterocycles. The van der Waals surface area contributed by atoms with Crippen LogP contribution in [0.3, 0.4) is 0 Å². The first-order valence-electron chi connectivity index (χ1n) is 4.29. The highest BCUT2D eigenvalue weighted by Gasteiger charge is 2.29. The lowest BCUT2D eigenvalue weighted by Crippen LogP contribution is -2.47. The summed E-state index contributed by atoms with van der Waals surface area (Å²) in [5, 5.41) is 11.3. The zero-order chi connectivity index (χ0) is 8.97. The first-order valence-corrected chi connectivity index (χ1v) is 4.29. The molecule has 4 nitrogen and oxygen atoms in total. The Morgan fingerprint density at radius 1 is 1.67 bits per heavy atom. The minimum Gasteiger partial charge on any atom is -0.480 e. The van der Waals surface area contributed by atoms with Crippen LogP contribution in [0.15, 0.2) is 0 Å². The average Bonchev–Trinajstić information content (AvgIpc) is 1.93. The van der Waals surface area contributed by atoms with Gasteiger partial charge in [-0.15, -0.1) is 0 Å². The molecule has 0 atom stereocenters. The summed E-state index contributed by atoms with van der Waals surface area (Å²) in [5.74, 6) is -0.796. The predicted octanol–water partition coefficient (Wildman–Crippen LogP) is 0.228. The van der Waals surface area contributed by atoms with E-state index in [1.807, 2.05) is 6.92 Å². The van der Waals surface area contributed by atoms with Gasteiger partial charge < -0.3 is 15.2 Å². The third kappa shape index (κ3) is 2.79. The van der Waals surface area contributed by atoms with Gasteiger partial charge in [0.1, 0.15) is 0 Å². The van der Waals surface area contributed by atoms with E-state index in [4.69, 9.17) is 9.84 Å². The normalized spacial score (nSPS) is 28.1. The zero-order valence-corrected chi connectivity index (χ0v) is 7.25. The number of hydrogen-bond acceptors (Lipinski definition) is 3. The quantitative estimate of drug-likeness (QED) is 0.624. The van der Waals surface area contributed by atoms with Crippen molar-refractivity contribution in [1.82, 2.24) is 5.32 Å². The molecular weight excluding hydrogens is 158 g/mol. The molecule has 1 aliphatic rings. The van der Waals surface area contributed by atoms with Crippen molar-refractivity contribution >= 4 is 5.97 Å². The first kappa shape index (κ1) is 9.48. The highest BCUT2D eigenvalue weighted by molar-refractivity contribution is 5.69. The van der Waals surface area contributed by atoms with E-state index in [2.05, 4.69) is 5.32 Å². The maximum Gasteiger partial charge on any atom is 0.317 e. The minimum atomic E-state index is -0.796. The number of carboxylic acids is 1. The molecule has 0 bridgehead atoms. The summed E-state index contributed by atoms with van der Waals surface area (Å²) < 4.78 is 5.33. The van der Waals surface area contributed by atoms with E-state index >= 15 is 0 Å². The third-order valence-corrected chi connectivity index (χ3v) is 2.04. The van der Waals surface area contributed by atoms with Crippen molar-refractivity contribution in [3.63, 3.8) is 0 Å². The van der Waals surface area contributed by atoms with Gasteiger partial charge in [0.2, 0.25) is 0 Å². The number of ether oxygens (including phenoxy) is 1. The van der Waals surface area contributed by atoms with Crippen LogP contribution in [0.4, 0.5) is 0 Å². The Balaban J connectivity index is 1.98. The number of aliphatic carboxylic acids is 1. The maximum absolute atomic E-state index is 10.2. The van der Waals surface area contributed by atoms with Crippen molar-refractivity contribution in [2.45, 2.75) is 31.9 Å². The van der Waals surface area contributed by atoms with Gasteiger partial charge in [-0.3, -0.25) is 4.79 Å². The van der Waals surface area contributed by atoms with E-state index in [1.54, 1.807) is 0 Å². The van der Waals surface area contributed by atoms with Crippen molar-refractivity contribution in [1.29, 1.82) is 0 Å². The largest absolute Gasteiger partial charge is 0.480 e. The molecule has 1 saturated carbocycles. The molecule has 4 heteroatoms. The lowest BCUT2D eigenvalue weighted by molar-refractivity contribution is -0.136. The standard InChI is InChI=1S/C8H15NO3/c1-2-12-7-3-6(4-7)9-5-8(10)11/h6-7,9H,2-5H2,1H3,(H,10,11). The van der Waals surface area contributed by atoms with Crippen LogP contribution < -0.4 is 5.32 Å². The van der Waals surface area contributed by atoms with E-state index in [-0.39, 0.29) is 6.54 Å². The van der Waals surface area contributed by atoms with E-state index in [0.717, 1.165) is 19.4 Å². The summed E-state index contributed by atoms with van der Waals surface area (Å²) in [4.78, 5) is 10.2. The molecule has 1 rings (SSSR count). The minimum absolute atomic E-state index is 0.0590. The molecule has 12 heavy (non-hydrogen) atoms. The van der Waals surface area contributed by atoms with Crippen LogP contribution in [0.5, 0.6) is 0 Å². The monoisotopic (exact) mass is 173 g/mol. The van der Waals surface area contributed by atoms with Crippen LogP contribution in [0.1, 0.15) is 19.8 Å². The van der Waals surface area contributed by atoms with Crippen molar-refractivity contribution < 1.29 is 14.6 Å². The number of carbonyl (C=O) groups is 1. The van der Waals surface area contributed by atoms with Crippen molar-refractivity contribution in [3.05, 3.63) is 0 Å². The molecule has 0 aromatic carbocycles. The van der Waals surface area contributed by atoms with Crippen LogP contribution in [-0.2, 0) is 9.53 Å². The lowest BCUT2D eigenvalue weighted by atomic mass is 9.89. The summed E-state index contributed by atoms with van der Waals surface area (Å²) in [7, 11) is 0. The molecular formula is C8H15NO3. The molecule has 1 fully saturated rings. The molecule has 0 aromatic heterocycles. The second kappa shape index (κ2) is 4.42. The molecule has 0 heterocycles. The van der Waals surface area contributed by atoms with Gasteiger partial charge >= 0.3 is 5.97 Å². The Morgan fingerprint density at radius 2 is 2.33 bits per heavy atom. The summed E-state index contributed by atoms with van der Waals surface area (Å²) in [6.45, 7) is 2.78. The Kier molecular flexibility index (Phi) is 3.49. The van der Waals surface area contributed by atoms with Gasteiger partial charge in [0, 0.05) is 12.6 Å². The Morgan fingerprint density at radius 3 is 2.83 bits per heavy atom. The number of rotatable bonds is 5. The number of hydrogen-bond donors (Lipinski definition) is 2. The summed E-state index contributed by atoms with van der Waals surface area (Å²) in [5.41, 5.74) is 0. The van der Waals surface area contributed by atoms with Crippen molar-refractivity contribution in [3.8, 4) is 0 Å². The van der Waals surface area contributed by atoms with Crippen molar-refractivity contribution in [2.24, 2.45) is 0 Å². The van der Waals surface area contributed by atoms with Gasteiger partial charge in [-0.1, -0.05) is 0 Å². The Bertz CT molecular complexity index is 154. The molecule has 0 spiro atoms. The fraction of sp³-hybridized carbons (Fsp3) is 0.875. The van der Waals surface area contributed by atoms with Crippen molar-refractivity contribution in [2.75, 3.05) is 13.2 Å². The van der Waals surface area contributed by atoms with Crippen LogP contribution >= 0.6 is 0 Å². The first-order chi connectivity index (χ1) is 5.72. The Hall–Kier alpha value is -0.610. The molecule has 1 aliphatic carbocycles. The van der Waals surface area contributed by atoms with Crippen LogP contribution in [0, 0.1) is 0 Å². The van der Waals surface area contributed by atoms with Gasteiger partial charge in [-0.05, 0) is 19.8 Å². The number of carboxylic acid groups (broad SMARTS) is 1. The molecule has 2 N–H and O–H groups in total. The van der Waals surface area contributed by atoms with Gasteiger partial charge in [0.05, 0.1) is 12.6 Å². The summed E-state index contributed by atoms with van der Waals surface area (Å²) >= 11 is 0. The van der Waals surface area contributed by atoms with Crippen LogP contribution in [-0.4, -0.2) is 36.4 Å². The molecule has 0 amide bonds. The SMILES string of the molecule is CCOC1CC(NCC(=O)O)C1. The molecule has 0 aromatic rings.